The van der Waals surface area contributed by atoms with Crippen LogP contribution >= 0.6 is 0 Å². The maximum atomic E-state index is 11.9. The largest absolute Gasteiger partial charge is 0.481 e. The normalized spacial score (nSPS) is 20.4. The van der Waals surface area contributed by atoms with Crippen LogP contribution in [0.4, 0.5) is 4.79 Å². The van der Waals surface area contributed by atoms with Crippen LogP contribution in [0.1, 0.15) is 20.3 Å². The summed E-state index contributed by atoms with van der Waals surface area (Å²) in [5.74, 6) is -1.32. The Balaban J connectivity index is 2.33. The first-order chi connectivity index (χ1) is 9.79. The first-order valence-electron chi connectivity index (χ1n) is 6.99. The third kappa shape index (κ3) is 5.85. The summed E-state index contributed by atoms with van der Waals surface area (Å²) in [6.45, 7) is 4.52. The van der Waals surface area contributed by atoms with Gasteiger partial charge >= 0.3 is 12.0 Å². The first-order valence-corrected chi connectivity index (χ1v) is 6.99. The molecule has 1 rings (SSSR count). The molecule has 21 heavy (non-hydrogen) atoms. The molecule has 2 atom stereocenters. The summed E-state index contributed by atoms with van der Waals surface area (Å²) >= 11 is 0. The van der Waals surface area contributed by atoms with Gasteiger partial charge in [0.15, 0.2) is 0 Å². The van der Waals surface area contributed by atoms with Crippen LogP contribution in [0, 0.1) is 11.8 Å². The van der Waals surface area contributed by atoms with Gasteiger partial charge in [0, 0.05) is 13.6 Å². The highest BCUT2D eigenvalue weighted by Crippen LogP contribution is 2.17. The van der Waals surface area contributed by atoms with Gasteiger partial charge in [-0.1, -0.05) is 26.0 Å². The van der Waals surface area contributed by atoms with Gasteiger partial charge in [-0.15, -0.1) is 0 Å². The second-order valence-electron chi connectivity index (χ2n) is 5.68. The molecule has 0 fully saturated rings. The Labute approximate surface area is 124 Å². The highest BCUT2D eigenvalue weighted by Gasteiger charge is 2.26. The predicted molar refractivity (Wildman–Crippen MR) is 77.7 cm³/mol. The monoisotopic (exact) mass is 297 g/mol. The number of hydrogen-bond donors (Lipinski definition) is 3. The first kappa shape index (κ1) is 17.0. The summed E-state index contributed by atoms with van der Waals surface area (Å²) < 4.78 is 0. The van der Waals surface area contributed by atoms with Gasteiger partial charge in [0.1, 0.15) is 6.54 Å². The lowest BCUT2D eigenvalue weighted by molar-refractivity contribution is -0.140. The highest BCUT2D eigenvalue weighted by molar-refractivity contribution is 5.84. The molecule has 1 aliphatic rings. The van der Waals surface area contributed by atoms with E-state index >= 15 is 0 Å². The summed E-state index contributed by atoms with van der Waals surface area (Å²) in [4.78, 5) is 35.6. The van der Waals surface area contributed by atoms with Gasteiger partial charge in [0.25, 0.3) is 0 Å². The van der Waals surface area contributed by atoms with Crippen molar-refractivity contribution in [3.8, 4) is 0 Å². The number of carboxylic acids is 1. The average Bonchev–Trinajstić information content (AvgIpc) is 2.85. The molecule has 3 amide bonds. The van der Waals surface area contributed by atoms with Crippen LogP contribution < -0.4 is 10.6 Å². The topological polar surface area (TPSA) is 98.7 Å². The van der Waals surface area contributed by atoms with Gasteiger partial charge in [-0.2, -0.15) is 0 Å². The average molecular weight is 297 g/mol. The maximum absolute atomic E-state index is 11.9. The number of rotatable bonds is 6. The lowest BCUT2D eigenvalue weighted by Crippen LogP contribution is -2.46. The van der Waals surface area contributed by atoms with Crippen LogP contribution in [0.25, 0.3) is 0 Å². The molecule has 7 nitrogen and oxygen atoms in total. The molecule has 3 N–H and O–H groups in total. The molecule has 0 saturated carbocycles. The van der Waals surface area contributed by atoms with Crippen molar-refractivity contribution in [2.24, 2.45) is 11.8 Å². The number of amides is 3. The molecule has 1 aliphatic carbocycles. The van der Waals surface area contributed by atoms with Gasteiger partial charge in [0.2, 0.25) is 5.91 Å². The number of likely N-dealkylation sites (N-methyl/N-ethyl adjacent to an activating group) is 1. The Kier molecular flexibility index (Phi) is 6.20. The third-order valence-corrected chi connectivity index (χ3v) is 3.14. The Hall–Kier alpha value is -2.05. The van der Waals surface area contributed by atoms with E-state index in [4.69, 9.17) is 5.11 Å². The molecule has 0 aliphatic heterocycles. The number of carboxylic acid groups (broad SMARTS) is 1. The summed E-state index contributed by atoms with van der Waals surface area (Å²) in [6, 6.07) is -0.699. The number of carbonyl (C=O) groups is 3. The Morgan fingerprint density at radius 1 is 1.33 bits per heavy atom. The molecular formula is C14H23N3O4. The summed E-state index contributed by atoms with van der Waals surface area (Å²) in [5, 5.41) is 14.3. The second kappa shape index (κ2) is 7.66. The number of aliphatic carboxylic acids is 1. The molecule has 2 unspecified atom stereocenters. The zero-order valence-electron chi connectivity index (χ0n) is 12.6. The number of urea groups is 1. The van der Waals surface area contributed by atoms with E-state index in [1.807, 2.05) is 13.8 Å². The number of nitrogens with one attached hydrogen (secondary N) is 2. The Bertz CT molecular complexity index is 434. The zero-order valence-corrected chi connectivity index (χ0v) is 12.6. The van der Waals surface area contributed by atoms with E-state index in [-0.39, 0.29) is 18.5 Å². The molecule has 0 radical (unpaired) electrons. The number of nitrogens with zero attached hydrogens (tertiary/aromatic N) is 1. The molecule has 0 aromatic heterocycles. The minimum Gasteiger partial charge on any atom is -0.481 e. The van der Waals surface area contributed by atoms with Crippen molar-refractivity contribution < 1.29 is 19.5 Å². The standard InChI is InChI=1S/C14H23N3O4/c1-9(2)7-15-12(18)8-17(3)14(21)16-11-5-4-10(6-11)13(19)20/h4-5,9-11H,6-8H2,1-3H3,(H,15,18)(H,16,21)(H,19,20). The van der Waals surface area contributed by atoms with Crippen molar-refractivity contribution in [2.45, 2.75) is 26.3 Å². The molecule has 0 aromatic rings. The van der Waals surface area contributed by atoms with Crippen LogP contribution in [0.2, 0.25) is 0 Å². The van der Waals surface area contributed by atoms with Crippen molar-refractivity contribution in [3.05, 3.63) is 12.2 Å². The van der Waals surface area contributed by atoms with Crippen molar-refractivity contribution in [2.75, 3.05) is 20.1 Å². The van der Waals surface area contributed by atoms with Gasteiger partial charge in [0.05, 0.1) is 12.0 Å². The molecule has 118 valence electrons. The number of carbonyl (C=O) groups excluding carboxylic acids is 2. The smallest absolute Gasteiger partial charge is 0.318 e. The Morgan fingerprint density at radius 2 is 2.00 bits per heavy atom. The van der Waals surface area contributed by atoms with Crippen LogP contribution in [-0.4, -0.2) is 54.1 Å². The molecule has 0 spiro atoms. The van der Waals surface area contributed by atoms with Gasteiger partial charge in [-0.05, 0) is 12.3 Å². The fourth-order valence-corrected chi connectivity index (χ4v) is 1.92. The summed E-state index contributed by atoms with van der Waals surface area (Å²) in [7, 11) is 1.53. The highest BCUT2D eigenvalue weighted by atomic mass is 16.4. The number of hydrogen-bond acceptors (Lipinski definition) is 3. The van der Waals surface area contributed by atoms with Gasteiger partial charge in [-0.3, -0.25) is 9.59 Å². The minimum absolute atomic E-state index is 0.0304. The SMILES string of the molecule is CC(C)CNC(=O)CN(C)C(=O)NC1C=CC(C(=O)O)C1. The van der Waals surface area contributed by atoms with E-state index in [1.165, 1.54) is 11.9 Å². The quantitative estimate of drug-likeness (QED) is 0.619. The van der Waals surface area contributed by atoms with Crippen LogP contribution in [0.3, 0.4) is 0 Å². The van der Waals surface area contributed by atoms with E-state index < -0.39 is 17.9 Å². The maximum Gasteiger partial charge on any atom is 0.318 e. The van der Waals surface area contributed by atoms with E-state index in [2.05, 4.69) is 10.6 Å². The summed E-state index contributed by atoms with van der Waals surface area (Å²) in [6.07, 6.45) is 3.58. The van der Waals surface area contributed by atoms with Crippen LogP contribution in [0.15, 0.2) is 12.2 Å². The molecule has 7 heteroatoms. The third-order valence-electron chi connectivity index (χ3n) is 3.14. The summed E-state index contributed by atoms with van der Waals surface area (Å²) in [5.41, 5.74) is 0. The van der Waals surface area contributed by atoms with Gasteiger partial charge in [-0.25, -0.2) is 4.79 Å². The molecule has 0 bridgehead atoms. The molecule has 0 heterocycles. The Morgan fingerprint density at radius 3 is 2.52 bits per heavy atom. The van der Waals surface area contributed by atoms with Crippen LogP contribution in [0.5, 0.6) is 0 Å². The second-order valence-corrected chi connectivity index (χ2v) is 5.68. The van der Waals surface area contributed by atoms with Crippen LogP contribution in [-0.2, 0) is 9.59 Å². The van der Waals surface area contributed by atoms with Gasteiger partial charge < -0.3 is 20.6 Å². The van der Waals surface area contributed by atoms with E-state index in [1.54, 1.807) is 12.2 Å². The van der Waals surface area contributed by atoms with Crippen molar-refractivity contribution >= 4 is 17.9 Å². The van der Waals surface area contributed by atoms with Crippen molar-refractivity contribution in [3.63, 3.8) is 0 Å². The van der Waals surface area contributed by atoms with E-state index in [0.29, 0.717) is 18.9 Å². The predicted octanol–water partition coefficient (Wildman–Crippen LogP) is 0.429. The minimum atomic E-state index is -0.899. The molecule has 0 aromatic carbocycles. The van der Waals surface area contributed by atoms with E-state index in [9.17, 15) is 14.4 Å². The fraction of sp³-hybridized carbons (Fsp3) is 0.643. The fourth-order valence-electron chi connectivity index (χ4n) is 1.92. The van der Waals surface area contributed by atoms with E-state index in [0.717, 1.165) is 0 Å². The van der Waals surface area contributed by atoms with Crippen molar-refractivity contribution in [1.82, 2.24) is 15.5 Å². The molecule has 0 saturated heterocycles. The lowest BCUT2D eigenvalue weighted by Gasteiger charge is -2.20. The molecular weight excluding hydrogens is 274 g/mol. The lowest BCUT2D eigenvalue weighted by atomic mass is 10.1. The zero-order chi connectivity index (χ0) is 16.0. The van der Waals surface area contributed by atoms with Crippen molar-refractivity contribution in [1.29, 1.82) is 0 Å².